The van der Waals surface area contributed by atoms with Crippen LogP contribution in [-0.4, -0.2) is 18.8 Å². The quantitative estimate of drug-likeness (QED) is 0.735. The maximum atomic E-state index is 3.48. The first-order valence-electron chi connectivity index (χ1n) is 7.23. The highest BCUT2D eigenvalue weighted by Gasteiger charge is 2.16. The second-order valence-corrected chi connectivity index (χ2v) is 6.43. The lowest BCUT2D eigenvalue weighted by Crippen LogP contribution is -2.28. The lowest BCUT2D eigenvalue weighted by Gasteiger charge is -2.18. The van der Waals surface area contributed by atoms with Gasteiger partial charge in [0, 0.05) is 16.7 Å². The Morgan fingerprint density at radius 3 is 2.61 bits per heavy atom. The standard InChI is InChI=1S/C16H25NS/c1-17-15(12-11-14-7-5-6-8-14)13-18-16-9-3-2-4-10-16/h2-4,9-10,14-15,17H,5-8,11-13H2,1H3. The number of hydrogen-bond acceptors (Lipinski definition) is 2. The summed E-state index contributed by atoms with van der Waals surface area (Å²) in [6, 6.07) is 11.4. The summed E-state index contributed by atoms with van der Waals surface area (Å²) in [5, 5.41) is 3.48. The second kappa shape index (κ2) is 7.85. The molecule has 1 atom stereocenters. The average Bonchev–Trinajstić information content (AvgIpc) is 2.93. The second-order valence-electron chi connectivity index (χ2n) is 5.34. The van der Waals surface area contributed by atoms with Crippen molar-refractivity contribution >= 4 is 11.8 Å². The molecule has 0 spiro atoms. The van der Waals surface area contributed by atoms with Crippen LogP contribution < -0.4 is 5.32 Å². The molecular weight excluding hydrogens is 238 g/mol. The summed E-state index contributed by atoms with van der Waals surface area (Å²) in [7, 11) is 2.10. The topological polar surface area (TPSA) is 12.0 Å². The van der Waals surface area contributed by atoms with E-state index in [1.54, 1.807) is 0 Å². The number of benzene rings is 1. The molecule has 2 heteroatoms. The molecule has 1 aliphatic rings. The van der Waals surface area contributed by atoms with E-state index in [1.807, 2.05) is 11.8 Å². The van der Waals surface area contributed by atoms with Crippen LogP contribution in [-0.2, 0) is 0 Å². The number of hydrogen-bond donors (Lipinski definition) is 1. The Bertz CT molecular complexity index is 319. The number of rotatable bonds is 7. The molecule has 1 N–H and O–H groups in total. The zero-order valence-corrected chi connectivity index (χ0v) is 12.2. The van der Waals surface area contributed by atoms with E-state index in [2.05, 4.69) is 42.7 Å². The highest BCUT2D eigenvalue weighted by Crippen LogP contribution is 2.29. The van der Waals surface area contributed by atoms with E-state index in [1.165, 1.54) is 49.2 Å². The first-order valence-corrected chi connectivity index (χ1v) is 8.22. The Morgan fingerprint density at radius 2 is 1.94 bits per heavy atom. The molecule has 0 saturated heterocycles. The van der Waals surface area contributed by atoms with Gasteiger partial charge in [0.2, 0.25) is 0 Å². The minimum atomic E-state index is 0.663. The van der Waals surface area contributed by atoms with Gasteiger partial charge in [-0.2, -0.15) is 0 Å². The molecule has 1 nitrogen and oxygen atoms in total. The zero-order chi connectivity index (χ0) is 12.6. The van der Waals surface area contributed by atoms with Crippen LogP contribution in [0, 0.1) is 5.92 Å². The maximum Gasteiger partial charge on any atom is 0.0158 e. The van der Waals surface area contributed by atoms with E-state index >= 15 is 0 Å². The van der Waals surface area contributed by atoms with Gasteiger partial charge in [-0.25, -0.2) is 0 Å². The smallest absolute Gasteiger partial charge is 0.0158 e. The molecule has 0 amide bonds. The first-order chi connectivity index (χ1) is 8.88. The Labute approximate surface area is 116 Å². The molecule has 0 heterocycles. The summed E-state index contributed by atoms with van der Waals surface area (Å²) in [6.45, 7) is 0. The molecule has 1 fully saturated rings. The fourth-order valence-corrected chi connectivity index (χ4v) is 3.84. The van der Waals surface area contributed by atoms with E-state index in [0.717, 1.165) is 5.92 Å². The molecule has 0 aromatic heterocycles. The number of thioether (sulfide) groups is 1. The molecule has 0 radical (unpaired) electrons. The van der Waals surface area contributed by atoms with Gasteiger partial charge < -0.3 is 5.32 Å². The van der Waals surface area contributed by atoms with Crippen molar-refractivity contribution in [2.24, 2.45) is 5.92 Å². The average molecular weight is 263 g/mol. The van der Waals surface area contributed by atoms with Crippen LogP contribution in [0.5, 0.6) is 0 Å². The molecule has 1 aromatic carbocycles. The Balaban J connectivity index is 1.68. The lowest BCUT2D eigenvalue weighted by molar-refractivity contribution is 0.438. The number of nitrogens with one attached hydrogen (secondary N) is 1. The Hall–Kier alpha value is -0.470. The van der Waals surface area contributed by atoms with E-state index in [0.29, 0.717) is 6.04 Å². The van der Waals surface area contributed by atoms with E-state index in [9.17, 15) is 0 Å². The summed E-state index contributed by atoms with van der Waals surface area (Å²) in [6.07, 6.45) is 8.63. The van der Waals surface area contributed by atoms with Gasteiger partial charge in [-0.1, -0.05) is 43.9 Å². The van der Waals surface area contributed by atoms with Crippen molar-refractivity contribution in [2.45, 2.75) is 49.5 Å². The summed E-state index contributed by atoms with van der Waals surface area (Å²) >= 11 is 1.97. The van der Waals surface area contributed by atoms with Gasteiger partial charge in [0.15, 0.2) is 0 Å². The van der Waals surface area contributed by atoms with Crippen molar-refractivity contribution in [1.29, 1.82) is 0 Å². The van der Waals surface area contributed by atoms with Crippen molar-refractivity contribution in [3.63, 3.8) is 0 Å². The van der Waals surface area contributed by atoms with Gasteiger partial charge in [-0.3, -0.25) is 0 Å². The summed E-state index contributed by atoms with van der Waals surface area (Å²) in [5.41, 5.74) is 0. The van der Waals surface area contributed by atoms with Crippen LogP contribution in [0.25, 0.3) is 0 Å². The minimum Gasteiger partial charge on any atom is -0.316 e. The molecule has 1 aromatic rings. The molecule has 0 aliphatic heterocycles. The highest BCUT2D eigenvalue weighted by molar-refractivity contribution is 7.99. The van der Waals surface area contributed by atoms with E-state index < -0.39 is 0 Å². The molecule has 2 rings (SSSR count). The fraction of sp³-hybridized carbons (Fsp3) is 0.625. The predicted octanol–water partition coefficient (Wildman–Crippen LogP) is 4.34. The third-order valence-electron chi connectivity index (χ3n) is 4.00. The molecule has 1 saturated carbocycles. The van der Waals surface area contributed by atoms with Gasteiger partial charge in [0.25, 0.3) is 0 Å². The fourth-order valence-electron chi connectivity index (χ4n) is 2.76. The van der Waals surface area contributed by atoms with Gasteiger partial charge in [-0.05, 0) is 37.9 Å². The summed E-state index contributed by atoms with van der Waals surface area (Å²) in [4.78, 5) is 1.39. The maximum absolute atomic E-state index is 3.48. The van der Waals surface area contributed by atoms with Gasteiger partial charge >= 0.3 is 0 Å². The van der Waals surface area contributed by atoms with Crippen LogP contribution in [0.4, 0.5) is 0 Å². The van der Waals surface area contributed by atoms with Crippen molar-refractivity contribution in [2.75, 3.05) is 12.8 Å². The van der Waals surface area contributed by atoms with Crippen LogP contribution >= 0.6 is 11.8 Å². The van der Waals surface area contributed by atoms with Crippen LogP contribution in [0.2, 0.25) is 0 Å². The van der Waals surface area contributed by atoms with Crippen LogP contribution in [0.1, 0.15) is 38.5 Å². The van der Waals surface area contributed by atoms with E-state index in [4.69, 9.17) is 0 Å². The molecule has 1 aliphatic carbocycles. The third kappa shape index (κ3) is 4.66. The largest absolute Gasteiger partial charge is 0.316 e. The third-order valence-corrected chi connectivity index (χ3v) is 5.18. The van der Waals surface area contributed by atoms with Crippen LogP contribution in [0.15, 0.2) is 35.2 Å². The van der Waals surface area contributed by atoms with Gasteiger partial charge in [-0.15, -0.1) is 11.8 Å². The predicted molar refractivity (Wildman–Crippen MR) is 81.2 cm³/mol. The molecule has 1 unspecified atom stereocenters. The molecular formula is C16H25NS. The molecule has 100 valence electrons. The molecule has 0 bridgehead atoms. The SMILES string of the molecule is CNC(CCC1CCCC1)CSc1ccccc1. The first kappa shape index (κ1) is 14.0. The van der Waals surface area contributed by atoms with Crippen molar-refractivity contribution in [3.05, 3.63) is 30.3 Å². The van der Waals surface area contributed by atoms with Crippen molar-refractivity contribution < 1.29 is 0 Å². The summed E-state index contributed by atoms with van der Waals surface area (Å²) in [5.74, 6) is 2.20. The molecule has 18 heavy (non-hydrogen) atoms. The zero-order valence-electron chi connectivity index (χ0n) is 11.4. The minimum absolute atomic E-state index is 0.663. The lowest BCUT2D eigenvalue weighted by atomic mass is 9.99. The van der Waals surface area contributed by atoms with Gasteiger partial charge in [0.05, 0.1) is 0 Å². The normalized spacial score (nSPS) is 18.1. The van der Waals surface area contributed by atoms with Crippen molar-refractivity contribution in [1.82, 2.24) is 5.32 Å². The van der Waals surface area contributed by atoms with Crippen LogP contribution in [0.3, 0.4) is 0 Å². The Kier molecular flexibility index (Phi) is 6.09. The monoisotopic (exact) mass is 263 g/mol. The highest BCUT2D eigenvalue weighted by atomic mass is 32.2. The summed E-state index contributed by atoms with van der Waals surface area (Å²) < 4.78 is 0. The van der Waals surface area contributed by atoms with E-state index in [-0.39, 0.29) is 0 Å². The van der Waals surface area contributed by atoms with Crippen molar-refractivity contribution in [3.8, 4) is 0 Å². The van der Waals surface area contributed by atoms with Gasteiger partial charge in [0.1, 0.15) is 0 Å². The Morgan fingerprint density at radius 1 is 1.22 bits per heavy atom.